The maximum absolute atomic E-state index is 10.2. The first-order valence-corrected chi connectivity index (χ1v) is 6.83. The summed E-state index contributed by atoms with van der Waals surface area (Å²) in [6.07, 6.45) is -1.29. The van der Waals surface area contributed by atoms with Crippen molar-refractivity contribution in [1.29, 1.82) is 0 Å². The van der Waals surface area contributed by atoms with Crippen LogP contribution >= 0.6 is 0 Å². The third-order valence-electron chi connectivity index (χ3n) is 3.23. The summed E-state index contributed by atoms with van der Waals surface area (Å²) >= 11 is 0. The Labute approximate surface area is 124 Å². The summed E-state index contributed by atoms with van der Waals surface area (Å²) in [7, 11) is 1.59. The van der Waals surface area contributed by atoms with E-state index in [2.05, 4.69) is 0 Å². The van der Waals surface area contributed by atoms with Crippen LogP contribution in [0.3, 0.4) is 0 Å². The summed E-state index contributed by atoms with van der Waals surface area (Å²) in [6, 6.07) is 14.5. The molecule has 2 N–H and O–H groups in total. The molecule has 21 heavy (non-hydrogen) atoms. The van der Waals surface area contributed by atoms with Crippen LogP contribution in [0.1, 0.15) is 30.3 Å². The fraction of sp³-hybridized carbons (Fsp3) is 0.294. The zero-order valence-corrected chi connectivity index (χ0v) is 12.2. The standard InChI is InChI=1S/C17H20O4/c1-12(18)13-5-3-8-16(9-13)21-11-17(19)14-6-4-7-15(10-14)20-2/h3-10,12,17-19H,11H2,1-2H3. The summed E-state index contributed by atoms with van der Waals surface area (Å²) in [4.78, 5) is 0. The van der Waals surface area contributed by atoms with Crippen LogP contribution < -0.4 is 9.47 Å². The lowest BCUT2D eigenvalue weighted by Crippen LogP contribution is -2.10. The van der Waals surface area contributed by atoms with E-state index in [0.29, 0.717) is 11.5 Å². The molecule has 2 atom stereocenters. The van der Waals surface area contributed by atoms with Crippen LogP contribution in [0.15, 0.2) is 48.5 Å². The lowest BCUT2D eigenvalue weighted by atomic mass is 10.1. The number of hydrogen-bond acceptors (Lipinski definition) is 4. The van der Waals surface area contributed by atoms with E-state index in [0.717, 1.165) is 11.1 Å². The predicted octanol–water partition coefficient (Wildman–Crippen LogP) is 2.86. The van der Waals surface area contributed by atoms with Crippen LogP contribution in [0, 0.1) is 0 Å². The van der Waals surface area contributed by atoms with Crippen molar-refractivity contribution >= 4 is 0 Å². The van der Waals surface area contributed by atoms with Gasteiger partial charge in [-0.25, -0.2) is 0 Å². The first-order valence-electron chi connectivity index (χ1n) is 6.83. The summed E-state index contributed by atoms with van der Waals surface area (Å²) in [5, 5.41) is 19.7. The Hall–Kier alpha value is -2.04. The van der Waals surface area contributed by atoms with E-state index in [1.165, 1.54) is 0 Å². The zero-order valence-electron chi connectivity index (χ0n) is 12.2. The minimum Gasteiger partial charge on any atom is -0.497 e. The van der Waals surface area contributed by atoms with E-state index in [1.54, 1.807) is 32.2 Å². The fourth-order valence-electron chi connectivity index (χ4n) is 1.98. The van der Waals surface area contributed by atoms with E-state index in [9.17, 15) is 10.2 Å². The molecule has 0 saturated carbocycles. The van der Waals surface area contributed by atoms with Crippen molar-refractivity contribution < 1.29 is 19.7 Å². The second-order valence-corrected chi connectivity index (χ2v) is 4.85. The molecule has 4 heteroatoms. The van der Waals surface area contributed by atoms with Gasteiger partial charge in [0.15, 0.2) is 0 Å². The second-order valence-electron chi connectivity index (χ2n) is 4.85. The van der Waals surface area contributed by atoms with Gasteiger partial charge in [-0.2, -0.15) is 0 Å². The molecule has 0 aliphatic rings. The van der Waals surface area contributed by atoms with Gasteiger partial charge in [-0.05, 0) is 42.3 Å². The third-order valence-corrected chi connectivity index (χ3v) is 3.23. The fourth-order valence-corrected chi connectivity index (χ4v) is 1.98. The monoisotopic (exact) mass is 288 g/mol. The molecule has 0 amide bonds. The first kappa shape index (κ1) is 15.4. The first-order chi connectivity index (χ1) is 10.1. The second kappa shape index (κ2) is 7.11. The Bertz CT molecular complexity index is 581. The van der Waals surface area contributed by atoms with E-state index >= 15 is 0 Å². The van der Waals surface area contributed by atoms with Gasteiger partial charge >= 0.3 is 0 Å². The Kier molecular flexibility index (Phi) is 5.20. The molecule has 0 heterocycles. The molecule has 4 nitrogen and oxygen atoms in total. The number of aliphatic hydroxyl groups excluding tert-OH is 2. The molecule has 112 valence electrons. The third kappa shape index (κ3) is 4.21. The van der Waals surface area contributed by atoms with E-state index in [1.807, 2.05) is 30.3 Å². The highest BCUT2D eigenvalue weighted by Gasteiger charge is 2.10. The van der Waals surface area contributed by atoms with Gasteiger partial charge in [0.1, 0.15) is 24.2 Å². The Balaban J connectivity index is 2.00. The number of methoxy groups -OCH3 is 1. The van der Waals surface area contributed by atoms with Gasteiger partial charge in [-0.15, -0.1) is 0 Å². The van der Waals surface area contributed by atoms with Crippen molar-refractivity contribution in [3.63, 3.8) is 0 Å². The van der Waals surface area contributed by atoms with Gasteiger partial charge in [0.05, 0.1) is 13.2 Å². The van der Waals surface area contributed by atoms with E-state index in [-0.39, 0.29) is 6.61 Å². The molecule has 0 fully saturated rings. The van der Waals surface area contributed by atoms with Crippen molar-refractivity contribution in [2.24, 2.45) is 0 Å². The number of ether oxygens (including phenoxy) is 2. The molecule has 2 aromatic carbocycles. The number of aliphatic hydroxyl groups is 2. The van der Waals surface area contributed by atoms with Gasteiger partial charge < -0.3 is 19.7 Å². The number of benzene rings is 2. The lowest BCUT2D eigenvalue weighted by Gasteiger charge is -2.14. The summed E-state index contributed by atoms with van der Waals surface area (Å²) in [5.41, 5.74) is 1.52. The van der Waals surface area contributed by atoms with Crippen LogP contribution in [0.25, 0.3) is 0 Å². The van der Waals surface area contributed by atoms with Crippen LogP contribution in [-0.4, -0.2) is 23.9 Å². The minimum absolute atomic E-state index is 0.135. The molecular weight excluding hydrogens is 268 g/mol. The zero-order chi connectivity index (χ0) is 15.2. The van der Waals surface area contributed by atoms with Gasteiger partial charge in [-0.3, -0.25) is 0 Å². The molecule has 2 unspecified atom stereocenters. The van der Waals surface area contributed by atoms with Crippen molar-refractivity contribution in [1.82, 2.24) is 0 Å². The van der Waals surface area contributed by atoms with E-state index in [4.69, 9.17) is 9.47 Å². The molecule has 0 saturated heterocycles. The highest BCUT2D eigenvalue weighted by atomic mass is 16.5. The lowest BCUT2D eigenvalue weighted by molar-refractivity contribution is 0.107. The van der Waals surface area contributed by atoms with Crippen LogP contribution in [0.4, 0.5) is 0 Å². The highest BCUT2D eigenvalue weighted by molar-refractivity contribution is 5.31. The summed E-state index contributed by atoms with van der Waals surface area (Å²) in [5.74, 6) is 1.32. The predicted molar refractivity (Wildman–Crippen MR) is 80.5 cm³/mol. The highest BCUT2D eigenvalue weighted by Crippen LogP contribution is 2.22. The number of hydrogen-bond donors (Lipinski definition) is 2. The van der Waals surface area contributed by atoms with Crippen molar-refractivity contribution in [2.75, 3.05) is 13.7 Å². The normalized spacial score (nSPS) is 13.5. The largest absolute Gasteiger partial charge is 0.497 e. The van der Waals surface area contributed by atoms with Gasteiger partial charge in [0.2, 0.25) is 0 Å². The average molecular weight is 288 g/mol. The molecular formula is C17H20O4. The SMILES string of the molecule is COc1cccc(C(O)COc2cccc(C(C)O)c2)c1. The van der Waals surface area contributed by atoms with Crippen LogP contribution in [0.5, 0.6) is 11.5 Å². The maximum Gasteiger partial charge on any atom is 0.119 e. The number of rotatable bonds is 6. The van der Waals surface area contributed by atoms with Crippen molar-refractivity contribution in [3.8, 4) is 11.5 Å². The van der Waals surface area contributed by atoms with Gasteiger partial charge in [0.25, 0.3) is 0 Å². The van der Waals surface area contributed by atoms with Crippen LogP contribution in [0.2, 0.25) is 0 Å². The molecule has 0 bridgehead atoms. The van der Waals surface area contributed by atoms with Crippen molar-refractivity contribution in [3.05, 3.63) is 59.7 Å². The van der Waals surface area contributed by atoms with Crippen molar-refractivity contribution in [2.45, 2.75) is 19.1 Å². The molecule has 0 aliphatic heterocycles. The minimum atomic E-state index is -0.740. The molecule has 0 radical (unpaired) electrons. The van der Waals surface area contributed by atoms with Gasteiger partial charge in [0, 0.05) is 0 Å². The van der Waals surface area contributed by atoms with Gasteiger partial charge in [-0.1, -0.05) is 24.3 Å². The topological polar surface area (TPSA) is 58.9 Å². The Morgan fingerprint density at radius 3 is 2.24 bits per heavy atom. The quantitative estimate of drug-likeness (QED) is 0.858. The summed E-state index contributed by atoms with van der Waals surface area (Å²) < 4.78 is 10.7. The smallest absolute Gasteiger partial charge is 0.119 e. The van der Waals surface area contributed by atoms with Crippen LogP contribution in [-0.2, 0) is 0 Å². The molecule has 2 rings (SSSR count). The molecule has 2 aromatic rings. The summed E-state index contributed by atoms with van der Waals surface area (Å²) in [6.45, 7) is 1.83. The maximum atomic E-state index is 10.2. The Morgan fingerprint density at radius 2 is 1.57 bits per heavy atom. The Morgan fingerprint density at radius 1 is 0.952 bits per heavy atom. The van der Waals surface area contributed by atoms with E-state index < -0.39 is 12.2 Å². The average Bonchev–Trinajstić information content (AvgIpc) is 2.53. The molecule has 0 aliphatic carbocycles. The molecule has 0 aromatic heterocycles. The molecule has 0 spiro atoms.